The van der Waals surface area contributed by atoms with Gasteiger partial charge >= 0.3 is 0 Å². The number of aromatic nitrogens is 1. The van der Waals surface area contributed by atoms with Crippen molar-refractivity contribution in [2.24, 2.45) is 0 Å². The molecule has 1 aromatic carbocycles. The number of ether oxygens (including phenoxy) is 1. The number of hydrogen-bond acceptors (Lipinski definition) is 3. The molecular formula is C14H14FNO2. The van der Waals surface area contributed by atoms with E-state index < -0.39 is 11.9 Å². The van der Waals surface area contributed by atoms with Crippen LogP contribution < -0.4 is 4.74 Å². The molecule has 0 radical (unpaired) electrons. The van der Waals surface area contributed by atoms with Crippen molar-refractivity contribution >= 4 is 0 Å². The van der Waals surface area contributed by atoms with E-state index in [-0.39, 0.29) is 0 Å². The van der Waals surface area contributed by atoms with Crippen molar-refractivity contribution < 1.29 is 14.2 Å². The highest BCUT2D eigenvalue weighted by molar-refractivity contribution is 5.42. The smallest absolute Gasteiger partial charge is 0.125 e. The normalized spacial score (nSPS) is 12.2. The van der Waals surface area contributed by atoms with Gasteiger partial charge in [-0.15, -0.1) is 0 Å². The van der Waals surface area contributed by atoms with Gasteiger partial charge in [-0.3, -0.25) is 4.98 Å². The summed E-state index contributed by atoms with van der Waals surface area (Å²) in [7, 11) is 1.49. The standard InChI is InChI=1S/C14H14FNO2/c1-9-8-16-6-5-11(9)14(17)12-7-10(15)3-4-13(12)18-2/h3-8,14,17H,1-2H3. The van der Waals surface area contributed by atoms with Gasteiger partial charge in [-0.05, 0) is 42.3 Å². The van der Waals surface area contributed by atoms with E-state index in [1.807, 2.05) is 6.92 Å². The van der Waals surface area contributed by atoms with Crippen molar-refractivity contribution in [2.75, 3.05) is 7.11 Å². The fourth-order valence-electron chi connectivity index (χ4n) is 1.88. The van der Waals surface area contributed by atoms with Crippen LogP contribution in [0.15, 0.2) is 36.7 Å². The number of halogens is 1. The molecule has 94 valence electrons. The maximum absolute atomic E-state index is 13.3. The van der Waals surface area contributed by atoms with Crippen molar-refractivity contribution in [3.8, 4) is 5.75 Å². The average molecular weight is 247 g/mol. The number of aliphatic hydroxyl groups excluding tert-OH is 1. The van der Waals surface area contributed by atoms with Crippen LogP contribution in [0.1, 0.15) is 22.8 Å². The first-order valence-corrected chi connectivity index (χ1v) is 5.55. The van der Waals surface area contributed by atoms with E-state index in [0.29, 0.717) is 16.9 Å². The zero-order chi connectivity index (χ0) is 13.1. The van der Waals surface area contributed by atoms with Crippen LogP contribution in [0.25, 0.3) is 0 Å². The summed E-state index contributed by atoms with van der Waals surface area (Å²) >= 11 is 0. The Morgan fingerprint density at radius 1 is 1.28 bits per heavy atom. The molecule has 0 bridgehead atoms. The summed E-state index contributed by atoms with van der Waals surface area (Å²) in [6, 6.07) is 5.80. The van der Waals surface area contributed by atoms with E-state index in [9.17, 15) is 9.50 Å². The van der Waals surface area contributed by atoms with Crippen LogP contribution in [0.4, 0.5) is 4.39 Å². The molecule has 0 spiro atoms. The first kappa shape index (κ1) is 12.5. The van der Waals surface area contributed by atoms with E-state index in [1.54, 1.807) is 18.5 Å². The van der Waals surface area contributed by atoms with Crippen molar-refractivity contribution in [1.82, 2.24) is 4.98 Å². The predicted octanol–water partition coefficient (Wildman–Crippen LogP) is 2.62. The molecule has 3 nitrogen and oxygen atoms in total. The highest BCUT2D eigenvalue weighted by atomic mass is 19.1. The zero-order valence-corrected chi connectivity index (χ0v) is 10.2. The van der Waals surface area contributed by atoms with Crippen LogP contribution in [0.2, 0.25) is 0 Å². The summed E-state index contributed by atoms with van der Waals surface area (Å²) in [5.74, 6) is 0.0525. The predicted molar refractivity (Wildman–Crippen MR) is 66.0 cm³/mol. The lowest BCUT2D eigenvalue weighted by Crippen LogP contribution is -2.05. The first-order valence-electron chi connectivity index (χ1n) is 5.55. The number of benzene rings is 1. The Morgan fingerprint density at radius 2 is 2.06 bits per heavy atom. The fourth-order valence-corrected chi connectivity index (χ4v) is 1.88. The molecule has 0 amide bonds. The molecule has 0 saturated carbocycles. The van der Waals surface area contributed by atoms with Gasteiger partial charge in [0.25, 0.3) is 0 Å². The minimum Gasteiger partial charge on any atom is -0.496 e. The molecule has 0 aliphatic heterocycles. The highest BCUT2D eigenvalue weighted by Crippen LogP contribution is 2.31. The molecule has 0 aliphatic carbocycles. The number of methoxy groups -OCH3 is 1. The van der Waals surface area contributed by atoms with E-state index in [0.717, 1.165) is 5.56 Å². The zero-order valence-electron chi connectivity index (χ0n) is 10.2. The molecule has 2 aromatic rings. The third-order valence-corrected chi connectivity index (χ3v) is 2.84. The van der Waals surface area contributed by atoms with E-state index in [2.05, 4.69) is 4.98 Å². The number of hydrogen-bond donors (Lipinski definition) is 1. The highest BCUT2D eigenvalue weighted by Gasteiger charge is 2.17. The molecule has 4 heteroatoms. The number of rotatable bonds is 3. The molecule has 2 rings (SSSR count). The lowest BCUT2D eigenvalue weighted by Gasteiger charge is -2.16. The Balaban J connectivity index is 2.48. The Morgan fingerprint density at radius 3 is 2.72 bits per heavy atom. The maximum atomic E-state index is 13.3. The Bertz CT molecular complexity index is 557. The summed E-state index contributed by atoms with van der Waals surface area (Å²) in [5.41, 5.74) is 1.94. The molecule has 0 fully saturated rings. The molecule has 1 N–H and O–H groups in total. The molecule has 1 atom stereocenters. The summed E-state index contributed by atoms with van der Waals surface area (Å²) in [4.78, 5) is 3.96. The SMILES string of the molecule is COc1ccc(F)cc1C(O)c1ccncc1C. The van der Waals surface area contributed by atoms with Gasteiger partial charge in [-0.1, -0.05) is 0 Å². The Hall–Kier alpha value is -1.94. The van der Waals surface area contributed by atoms with Gasteiger partial charge < -0.3 is 9.84 Å². The van der Waals surface area contributed by atoms with Gasteiger partial charge in [0.05, 0.1) is 7.11 Å². The van der Waals surface area contributed by atoms with E-state index >= 15 is 0 Å². The largest absolute Gasteiger partial charge is 0.496 e. The van der Waals surface area contributed by atoms with Gasteiger partial charge in [0, 0.05) is 18.0 Å². The molecule has 0 saturated heterocycles. The molecular weight excluding hydrogens is 233 g/mol. The minimum atomic E-state index is -0.932. The van der Waals surface area contributed by atoms with E-state index in [1.165, 1.54) is 25.3 Å². The van der Waals surface area contributed by atoms with Gasteiger partial charge in [0.1, 0.15) is 17.7 Å². The van der Waals surface area contributed by atoms with Crippen LogP contribution in [0.5, 0.6) is 5.75 Å². The van der Waals surface area contributed by atoms with Crippen molar-refractivity contribution in [2.45, 2.75) is 13.0 Å². The van der Waals surface area contributed by atoms with Crippen molar-refractivity contribution in [3.05, 3.63) is 59.2 Å². The second-order valence-corrected chi connectivity index (χ2v) is 4.02. The minimum absolute atomic E-state index is 0.406. The number of aliphatic hydroxyl groups is 1. The van der Waals surface area contributed by atoms with Gasteiger partial charge in [-0.25, -0.2) is 4.39 Å². The van der Waals surface area contributed by atoms with Crippen LogP contribution >= 0.6 is 0 Å². The number of aryl methyl sites for hydroxylation is 1. The number of nitrogens with zero attached hydrogens (tertiary/aromatic N) is 1. The Kier molecular flexibility index (Phi) is 3.58. The number of pyridine rings is 1. The summed E-state index contributed by atoms with van der Waals surface area (Å²) < 4.78 is 18.4. The molecule has 1 heterocycles. The summed E-state index contributed by atoms with van der Waals surface area (Å²) in [6.07, 6.45) is 2.32. The molecule has 1 aromatic heterocycles. The molecule has 0 aliphatic rings. The quantitative estimate of drug-likeness (QED) is 0.906. The topological polar surface area (TPSA) is 42.4 Å². The fraction of sp³-hybridized carbons (Fsp3) is 0.214. The lowest BCUT2D eigenvalue weighted by molar-refractivity contribution is 0.213. The van der Waals surface area contributed by atoms with Gasteiger partial charge in [-0.2, -0.15) is 0 Å². The van der Waals surface area contributed by atoms with Crippen LogP contribution in [-0.4, -0.2) is 17.2 Å². The second-order valence-electron chi connectivity index (χ2n) is 4.02. The molecule has 18 heavy (non-hydrogen) atoms. The third-order valence-electron chi connectivity index (χ3n) is 2.84. The monoisotopic (exact) mass is 247 g/mol. The van der Waals surface area contributed by atoms with Crippen molar-refractivity contribution in [3.63, 3.8) is 0 Å². The first-order chi connectivity index (χ1) is 8.63. The van der Waals surface area contributed by atoms with Gasteiger partial charge in [0.2, 0.25) is 0 Å². The Labute approximate surface area is 105 Å². The third kappa shape index (κ3) is 2.33. The van der Waals surface area contributed by atoms with Crippen LogP contribution in [-0.2, 0) is 0 Å². The van der Waals surface area contributed by atoms with E-state index in [4.69, 9.17) is 4.74 Å². The summed E-state index contributed by atoms with van der Waals surface area (Å²) in [5, 5.41) is 10.3. The summed E-state index contributed by atoms with van der Waals surface area (Å²) in [6.45, 7) is 1.84. The average Bonchev–Trinajstić information content (AvgIpc) is 2.38. The van der Waals surface area contributed by atoms with Crippen LogP contribution in [0, 0.1) is 12.7 Å². The lowest BCUT2D eigenvalue weighted by atomic mass is 9.98. The van der Waals surface area contributed by atoms with Crippen LogP contribution in [0.3, 0.4) is 0 Å². The maximum Gasteiger partial charge on any atom is 0.125 e. The van der Waals surface area contributed by atoms with Crippen molar-refractivity contribution in [1.29, 1.82) is 0 Å². The second kappa shape index (κ2) is 5.14. The molecule has 1 unspecified atom stereocenters. The van der Waals surface area contributed by atoms with Gasteiger partial charge in [0.15, 0.2) is 0 Å².